The molecular formula is C24H34N2O4S. The Balaban J connectivity index is 2.35. The molecule has 1 amide bonds. The molecule has 31 heavy (non-hydrogen) atoms. The Morgan fingerprint density at radius 3 is 2.03 bits per heavy atom. The van der Waals surface area contributed by atoms with Crippen LogP contribution in [0.5, 0.6) is 5.75 Å². The quantitative estimate of drug-likeness (QED) is 0.621. The zero-order valence-corrected chi connectivity index (χ0v) is 20.3. The standard InChI is InChI=1S/C24H34N2O4S/c1-16(2)12-23(20-8-10-22(30-6)11-9-20)25-24(27)19(5)26(31(7,28)29)21-14-17(3)13-18(4)15-21/h8-11,13-16,19,23H,12H2,1-7H3,(H,25,27). The van der Waals surface area contributed by atoms with Crippen LogP contribution in [0, 0.1) is 19.8 Å². The Morgan fingerprint density at radius 1 is 1.03 bits per heavy atom. The van der Waals surface area contributed by atoms with Crippen LogP contribution in [-0.2, 0) is 14.8 Å². The van der Waals surface area contributed by atoms with Crippen molar-refractivity contribution in [3.05, 3.63) is 59.2 Å². The summed E-state index contributed by atoms with van der Waals surface area (Å²) in [5.74, 6) is 0.740. The minimum atomic E-state index is -3.67. The van der Waals surface area contributed by atoms with E-state index >= 15 is 0 Å². The number of ether oxygens (including phenoxy) is 1. The number of methoxy groups -OCH3 is 1. The number of anilines is 1. The summed E-state index contributed by atoms with van der Waals surface area (Å²) in [4.78, 5) is 13.2. The number of nitrogens with one attached hydrogen (secondary N) is 1. The smallest absolute Gasteiger partial charge is 0.244 e. The summed E-state index contributed by atoms with van der Waals surface area (Å²) in [6.07, 6.45) is 1.86. The maximum atomic E-state index is 13.2. The first-order chi connectivity index (χ1) is 14.4. The van der Waals surface area contributed by atoms with E-state index in [9.17, 15) is 13.2 Å². The van der Waals surface area contributed by atoms with E-state index in [2.05, 4.69) is 19.2 Å². The van der Waals surface area contributed by atoms with Gasteiger partial charge >= 0.3 is 0 Å². The van der Waals surface area contributed by atoms with Crippen molar-refractivity contribution >= 4 is 21.6 Å². The van der Waals surface area contributed by atoms with Gasteiger partial charge in [0.1, 0.15) is 11.8 Å². The highest BCUT2D eigenvalue weighted by Crippen LogP contribution is 2.26. The molecule has 0 aliphatic heterocycles. The molecule has 0 saturated heterocycles. The molecule has 2 atom stereocenters. The van der Waals surface area contributed by atoms with Crippen LogP contribution in [0.1, 0.15) is 49.9 Å². The van der Waals surface area contributed by atoms with Crippen LogP contribution in [0.3, 0.4) is 0 Å². The number of aryl methyl sites for hydroxylation is 2. The second-order valence-corrected chi connectivity index (χ2v) is 10.4. The van der Waals surface area contributed by atoms with Gasteiger partial charge in [-0.25, -0.2) is 8.42 Å². The van der Waals surface area contributed by atoms with Gasteiger partial charge in [0, 0.05) is 0 Å². The first-order valence-corrected chi connectivity index (χ1v) is 12.3. The largest absolute Gasteiger partial charge is 0.497 e. The molecule has 2 unspecified atom stereocenters. The third-order valence-electron chi connectivity index (χ3n) is 5.09. The SMILES string of the molecule is COc1ccc(C(CC(C)C)NC(=O)C(C)N(c2cc(C)cc(C)c2)S(C)(=O)=O)cc1. The third-order valence-corrected chi connectivity index (χ3v) is 6.33. The Bertz CT molecular complexity index is 980. The van der Waals surface area contributed by atoms with Crippen molar-refractivity contribution in [3.8, 4) is 5.75 Å². The summed E-state index contributed by atoms with van der Waals surface area (Å²) in [7, 11) is -2.06. The van der Waals surface area contributed by atoms with Crippen molar-refractivity contribution in [2.45, 2.75) is 53.1 Å². The molecule has 0 aliphatic rings. The summed E-state index contributed by atoms with van der Waals surface area (Å²) < 4.78 is 31.7. The summed E-state index contributed by atoms with van der Waals surface area (Å²) in [6, 6.07) is 12.0. The second kappa shape index (κ2) is 10.2. The molecule has 0 aromatic heterocycles. The van der Waals surface area contributed by atoms with Gasteiger partial charge in [-0.15, -0.1) is 0 Å². The maximum Gasteiger partial charge on any atom is 0.244 e. The lowest BCUT2D eigenvalue weighted by Gasteiger charge is -2.31. The van der Waals surface area contributed by atoms with Gasteiger partial charge in [0.25, 0.3) is 0 Å². The predicted molar refractivity (Wildman–Crippen MR) is 126 cm³/mol. The van der Waals surface area contributed by atoms with Crippen LogP contribution in [-0.4, -0.2) is 33.7 Å². The average molecular weight is 447 g/mol. The molecule has 0 saturated carbocycles. The Kier molecular flexibility index (Phi) is 8.12. The summed E-state index contributed by atoms with van der Waals surface area (Å²) in [6.45, 7) is 9.61. The van der Waals surface area contributed by atoms with Crippen molar-refractivity contribution in [3.63, 3.8) is 0 Å². The molecule has 0 aliphatic carbocycles. The first-order valence-electron chi connectivity index (χ1n) is 10.4. The summed E-state index contributed by atoms with van der Waals surface area (Å²) in [5.41, 5.74) is 3.32. The van der Waals surface area contributed by atoms with Gasteiger partial charge in [-0.2, -0.15) is 0 Å². The lowest BCUT2D eigenvalue weighted by atomic mass is 9.96. The predicted octanol–water partition coefficient (Wildman–Crippen LogP) is 4.37. The van der Waals surface area contributed by atoms with Crippen LogP contribution in [0.25, 0.3) is 0 Å². The van der Waals surface area contributed by atoms with Gasteiger partial charge in [-0.1, -0.05) is 32.0 Å². The van der Waals surface area contributed by atoms with Gasteiger partial charge < -0.3 is 10.1 Å². The lowest BCUT2D eigenvalue weighted by Crippen LogP contribution is -2.48. The summed E-state index contributed by atoms with van der Waals surface area (Å²) in [5, 5.41) is 3.07. The number of hydrogen-bond acceptors (Lipinski definition) is 4. The van der Waals surface area contributed by atoms with Crippen molar-refractivity contribution in [2.24, 2.45) is 5.92 Å². The molecule has 0 spiro atoms. The van der Waals surface area contributed by atoms with E-state index in [0.29, 0.717) is 11.6 Å². The molecule has 7 heteroatoms. The Hall–Kier alpha value is -2.54. The van der Waals surface area contributed by atoms with E-state index in [1.807, 2.05) is 44.2 Å². The van der Waals surface area contributed by atoms with Crippen LogP contribution in [0.4, 0.5) is 5.69 Å². The van der Waals surface area contributed by atoms with E-state index in [1.54, 1.807) is 26.2 Å². The zero-order chi connectivity index (χ0) is 23.3. The Morgan fingerprint density at radius 2 is 1.58 bits per heavy atom. The van der Waals surface area contributed by atoms with E-state index in [1.165, 1.54) is 4.31 Å². The highest BCUT2D eigenvalue weighted by atomic mass is 32.2. The van der Waals surface area contributed by atoms with Gasteiger partial charge in [0.05, 0.1) is 25.1 Å². The van der Waals surface area contributed by atoms with Gasteiger partial charge in [0.2, 0.25) is 15.9 Å². The fourth-order valence-corrected chi connectivity index (χ4v) is 4.92. The molecule has 0 heterocycles. The minimum absolute atomic E-state index is 0.235. The number of hydrogen-bond donors (Lipinski definition) is 1. The highest BCUT2D eigenvalue weighted by molar-refractivity contribution is 7.92. The normalized spacial score (nSPS) is 13.5. The van der Waals surface area contributed by atoms with Crippen LogP contribution >= 0.6 is 0 Å². The zero-order valence-electron chi connectivity index (χ0n) is 19.5. The van der Waals surface area contributed by atoms with Crippen molar-refractivity contribution in [1.29, 1.82) is 0 Å². The van der Waals surface area contributed by atoms with Crippen molar-refractivity contribution < 1.29 is 17.9 Å². The number of amides is 1. The van der Waals surface area contributed by atoms with Crippen LogP contribution < -0.4 is 14.4 Å². The van der Waals surface area contributed by atoms with E-state index in [0.717, 1.165) is 35.1 Å². The van der Waals surface area contributed by atoms with Gasteiger partial charge in [-0.05, 0) is 74.1 Å². The minimum Gasteiger partial charge on any atom is -0.497 e. The molecular weight excluding hydrogens is 412 g/mol. The van der Waals surface area contributed by atoms with Gasteiger partial charge in [0.15, 0.2) is 0 Å². The molecule has 6 nitrogen and oxygen atoms in total. The number of carbonyl (C=O) groups excluding carboxylic acids is 1. The fourth-order valence-electron chi connectivity index (χ4n) is 3.76. The monoisotopic (exact) mass is 446 g/mol. The first kappa shape index (κ1) is 24.7. The fraction of sp³-hybridized carbons (Fsp3) is 0.458. The average Bonchev–Trinajstić information content (AvgIpc) is 2.65. The lowest BCUT2D eigenvalue weighted by molar-refractivity contribution is -0.122. The number of rotatable bonds is 9. The number of sulfonamides is 1. The van der Waals surface area contributed by atoms with Crippen molar-refractivity contribution in [1.82, 2.24) is 5.32 Å². The molecule has 2 aromatic rings. The van der Waals surface area contributed by atoms with Crippen LogP contribution in [0.15, 0.2) is 42.5 Å². The Labute approximate surface area is 186 Å². The van der Waals surface area contributed by atoms with E-state index in [4.69, 9.17) is 4.74 Å². The molecule has 0 fully saturated rings. The van der Waals surface area contributed by atoms with E-state index in [-0.39, 0.29) is 11.9 Å². The van der Waals surface area contributed by atoms with Gasteiger partial charge in [-0.3, -0.25) is 9.10 Å². The molecule has 170 valence electrons. The third kappa shape index (κ3) is 6.72. The van der Waals surface area contributed by atoms with Crippen molar-refractivity contribution in [2.75, 3.05) is 17.7 Å². The second-order valence-electron chi connectivity index (χ2n) is 8.54. The molecule has 2 rings (SSSR count). The molecule has 2 aromatic carbocycles. The highest BCUT2D eigenvalue weighted by Gasteiger charge is 2.31. The maximum absolute atomic E-state index is 13.2. The number of carbonyl (C=O) groups is 1. The van der Waals surface area contributed by atoms with Crippen LogP contribution in [0.2, 0.25) is 0 Å². The number of nitrogens with zero attached hydrogens (tertiary/aromatic N) is 1. The summed E-state index contributed by atoms with van der Waals surface area (Å²) >= 11 is 0. The topological polar surface area (TPSA) is 75.7 Å². The molecule has 0 bridgehead atoms. The number of benzene rings is 2. The molecule has 0 radical (unpaired) electrons. The van der Waals surface area contributed by atoms with E-state index < -0.39 is 16.1 Å². The molecule has 1 N–H and O–H groups in total.